The van der Waals surface area contributed by atoms with E-state index in [0.717, 1.165) is 23.0 Å². The molecule has 0 bridgehead atoms. The molecule has 9 heteroatoms. The summed E-state index contributed by atoms with van der Waals surface area (Å²) in [5.41, 5.74) is 1.73. The highest BCUT2D eigenvalue weighted by molar-refractivity contribution is 14.0. The minimum Gasteiger partial charge on any atom is -0.497 e. The van der Waals surface area contributed by atoms with Gasteiger partial charge in [0.2, 0.25) is 0 Å². The zero-order chi connectivity index (χ0) is 21.3. The van der Waals surface area contributed by atoms with Crippen molar-refractivity contribution >= 4 is 29.9 Å². The van der Waals surface area contributed by atoms with Crippen molar-refractivity contribution in [1.82, 2.24) is 25.4 Å². The largest absolute Gasteiger partial charge is 0.497 e. The molecule has 0 fully saturated rings. The summed E-state index contributed by atoms with van der Waals surface area (Å²) in [6, 6.07) is 14.6. The Morgan fingerprint density at radius 2 is 1.84 bits per heavy atom. The van der Waals surface area contributed by atoms with E-state index in [1.165, 1.54) is 6.07 Å². The minimum absolute atomic E-state index is 0. The Morgan fingerprint density at radius 3 is 2.48 bits per heavy atom. The first-order chi connectivity index (χ1) is 14.6. The van der Waals surface area contributed by atoms with Crippen molar-refractivity contribution in [3.63, 3.8) is 0 Å². The molecule has 166 valence electrons. The highest BCUT2D eigenvalue weighted by atomic mass is 127. The van der Waals surface area contributed by atoms with Crippen molar-refractivity contribution in [2.45, 2.75) is 26.4 Å². The van der Waals surface area contributed by atoms with E-state index in [4.69, 9.17) is 4.74 Å². The Bertz CT molecular complexity index is 990. The van der Waals surface area contributed by atoms with Crippen molar-refractivity contribution in [2.24, 2.45) is 12.0 Å². The molecule has 0 spiro atoms. The van der Waals surface area contributed by atoms with Gasteiger partial charge in [-0.1, -0.05) is 30.3 Å². The number of nitrogens with one attached hydrogen (secondary N) is 2. The standard InChI is InChI=1S/C22H27FN6O.HI/c1-16-27-28-21(29(16)2)15-26-22(24-13-12-18-6-4-5-7-20(18)23)25-14-17-8-10-19(30-3)11-9-17;/h4-11H,12-15H2,1-3H3,(H2,24,25,26);1H. The van der Waals surface area contributed by atoms with E-state index in [0.29, 0.717) is 37.6 Å². The molecule has 0 aliphatic heterocycles. The van der Waals surface area contributed by atoms with Gasteiger partial charge in [-0.2, -0.15) is 0 Å². The third-order valence-corrected chi connectivity index (χ3v) is 4.82. The predicted molar refractivity (Wildman–Crippen MR) is 130 cm³/mol. The summed E-state index contributed by atoms with van der Waals surface area (Å²) in [5, 5.41) is 14.8. The maximum absolute atomic E-state index is 13.9. The summed E-state index contributed by atoms with van der Waals surface area (Å²) >= 11 is 0. The van der Waals surface area contributed by atoms with E-state index in [-0.39, 0.29) is 29.8 Å². The van der Waals surface area contributed by atoms with Crippen molar-refractivity contribution in [1.29, 1.82) is 0 Å². The van der Waals surface area contributed by atoms with Gasteiger partial charge in [0.1, 0.15) is 17.4 Å². The lowest BCUT2D eigenvalue weighted by atomic mass is 10.1. The molecule has 0 aliphatic rings. The maximum Gasteiger partial charge on any atom is 0.191 e. The second-order valence-electron chi connectivity index (χ2n) is 6.86. The molecular weight excluding hydrogens is 510 g/mol. The highest BCUT2D eigenvalue weighted by Gasteiger charge is 2.07. The van der Waals surface area contributed by atoms with Gasteiger partial charge in [-0.05, 0) is 42.7 Å². The number of ether oxygens (including phenoxy) is 1. The fourth-order valence-electron chi connectivity index (χ4n) is 2.86. The van der Waals surface area contributed by atoms with E-state index in [1.807, 2.05) is 48.9 Å². The number of aromatic nitrogens is 3. The van der Waals surface area contributed by atoms with Crippen LogP contribution in [0.4, 0.5) is 4.39 Å². The number of hydrogen-bond donors (Lipinski definition) is 2. The number of methoxy groups -OCH3 is 1. The average Bonchev–Trinajstić information content (AvgIpc) is 3.09. The van der Waals surface area contributed by atoms with Crippen LogP contribution in [0.3, 0.4) is 0 Å². The fourth-order valence-corrected chi connectivity index (χ4v) is 2.86. The van der Waals surface area contributed by atoms with Gasteiger partial charge >= 0.3 is 0 Å². The SMILES string of the molecule is COc1ccc(CN=C(NCCc2ccccc2F)NCc2nnc(C)n2C)cc1.I. The molecule has 0 saturated heterocycles. The van der Waals surface area contributed by atoms with Crippen LogP contribution >= 0.6 is 24.0 Å². The first-order valence-corrected chi connectivity index (χ1v) is 9.80. The van der Waals surface area contributed by atoms with Gasteiger partial charge in [-0.3, -0.25) is 0 Å². The van der Waals surface area contributed by atoms with Crippen molar-refractivity contribution in [2.75, 3.05) is 13.7 Å². The van der Waals surface area contributed by atoms with E-state index in [9.17, 15) is 4.39 Å². The number of hydrogen-bond acceptors (Lipinski definition) is 4. The normalized spacial score (nSPS) is 11.0. The van der Waals surface area contributed by atoms with Crippen LogP contribution in [0.15, 0.2) is 53.5 Å². The van der Waals surface area contributed by atoms with Gasteiger partial charge in [0.05, 0.1) is 20.2 Å². The molecule has 0 saturated carbocycles. The number of guanidine groups is 1. The Kier molecular flexibility index (Phi) is 9.70. The number of aliphatic imine (C=N–C) groups is 1. The Hall–Kier alpha value is -2.69. The van der Waals surface area contributed by atoms with Gasteiger partial charge in [0.25, 0.3) is 0 Å². The molecular formula is C22H28FIN6O. The highest BCUT2D eigenvalue weighted by Crippen LogP contribution is 2.12. The van der Waals surface area contributed by atoms with Gasteiger partial charge in [-0.25, -0.2) is 9.38 Å². The molecule has 0 unspecified atom stereocenters. The van der Waals surface area contributed by atoms with Crippen LogP contribution in [0.1, 0.15) is 22.8 Å². The molecule has 31 heavy (non-hydrogen) atoms. The molecule has 1 heterocycles. The number of halogens is 2. The average molecular weight is 538 g/mol. The number of benzene rings is 2. The molecule has 3 rings (SSSR count). The molecule has 3 aromatic rings. The smallest absolute Gasteiger partial charge is 0.191 e. The van der Waals surface area contributed by atoms with E-state index in [2.05, 4.69) is 25.8 Å². The lowest BCUT2D eigenvalue weighted by Crippen LogP contribution is -2.38. The third-order valence-electron chi connectivity index (χ3n) is 4.82. The summed E-state index contributed by atoms with van der Waals surface area (Å²) in [6.07, 6.45) is 0.555. The summed E-state index contributed by atoms with van der Waals surface area (Å²) in [5.74, 6) is 2.89. The van der Waals surface area contributed by atoms with Crippen LogP contribution in [0.5, 0.6) is 5.75 Å². The topological polar surface area (TPSA) is 76.4 Å². The van der Waals surface area contributed by atoms with Crippen LogP contribution in [0.25, 0.3) is 0 Å². The molecule has 0 aliphatic carbocycles. The minimum atomic E-state index is -0.196. The lowest BCUT2D eigenvalue weighted by Gasteiger charge is -2.13. The first kappa shape index (κ1) is 24.6. The number of aryl methyl sites for hydroxylation is 1. The van der Waals surface area contributed by atoms with Gasteiger partial charge in [0.15, 0.2) is 11.8 Å². The summed E-state index contributed by atoms with van der Waals surface area (Å²) < 4.78 is 21.0. The zero-order valence-electron chi connectivity index (χ0n) is 17.9. The molecule has 2 aromatic carbocycles. The quantitative estimate of drug-likeness (QED) is 0.262. The monoisotopic (exact) mass is 538 g/mol. The third kappa shape index (κ3) is 7.20. The van der Waals surface area contributed by atoms with E-state index < -0.39 is 0 Å². The fraction of sp³-hybridized carbons (Fsp3) is 0.318. The van der Waals surface area contributed by atoms with Crippen LogP contribution in [0.2, 0.25) is 0 Å². The van der Waals surface area contributed by atoms with Crippen LogP contribution in [0, 0.1) is 12.7 Å². The number of nitrogens with zero attached hydrogens (tertiary/aromatic N) is 4. The predicted octanol–water partition coefficient (Wildman–Crippen LogP) is 3.37. The second kappa shape index (κ2) is 12.2. The Balaban J connectivity index is 0.00000341. The maximum atomic E-state index is 13.9. The van der Waals surface area contributed by atoms with E-state index >= 15 is 0 Å². The van der Waals surface area contributed by atoms with Crippen molar-refractivity contribution in [3.05, 3.63) is 77.1 Å². The molecule has 1 aromatic heterocycles. The zero-order valence-corrected chi connectivity index (χ0v) is 20.3. The Morgan fingerprint density at radius 1 is 1.10 bits per heavy atom. The summed E-state index contributed by atoms with van der Waals surface area (Å²) in [7, 11) is 3.56. The van der Waals surface area contributed by atoms with Gasteiger partial charge in [-0.15, -0.1) is 34.2 Å². The number of rotatable bonds is 8. The van der Waals surface area contributed by atoms with Crippen molar-refractivity contribution in [3.8, 4) is 5.75 Å². The molecule has 0 atom stereocenters. The molecule has 0 amide bonds. The second-order valence-corrected chi connectivity index (χ2v) is 6.86. The van der Waals surface area contributed by atoms with E-state index in [1.54, 1.807) is 19.2 Å². The van der Waals surface area contributed by atoms with Crippen molar-refractivity contribution < 1.29 is 9.13 Å². The summed E-state index contributed by atoms with van der Waals surface area (Å²) in [6.45, 7) is 3.43. The Labute approximate surface area is 199 Å². The van der Waals surface area contributed by atoms with Crippen LogP contribution < -0.4 is 15.4 Å². The van der Waals surface area contributed by atoms with Crippen LogP contribution in [-0.2, 0) is 26.6 Å². The lowest BCUT2D eigenvalue weighted by molar-refractivity contribution is 0.414. The van der Waals surface area contributed by atoms with Gasteiger partial charge in [0, 0.05) is 13.6 Å². The first-order valence-electron chi connectivity index (χ1n) is 9.80. The molecule has 2 N–H and O–H groups in total. The van der Waals surface area contributed by atoms with Gasteiger partial charge < -0.3 is 19.9 Å². The summed E-state index contributed by atoms with van der Waals surface area (Å²) in [4.78, 5) is 4.66. The molecule has 0 radical (unpaired) electrons. The molecule has 7 nitrogen and oxygen atoms in total. The van der Waals surface area contributed by atoms with Crippen LogP contribution in [-0.4, -0.2) is 34.4 Å².